The first kappa shape index (κ1) is 15.6. The van der Waals surface area contributed by atoms with Crippen molar-refractivity contribution in [1.82, 2.24) is 25.1 Å². The Morgan fingerprint density at radius 2 is 1.88 bits per heavy atom. The number of H-pyrrole nitrogens is 1. The first-order valence-corrected chi connectivity index (χ1v) is 9.66. The minimum atomic E-state index is 0.444. The predicted molar refractivity (Wildman–Crippen MR) is 101 cm³/mol. The van der Waals surface area contributed by atoms with Crippen molar-refractivity contribution in [3.63, 3.8) is 0 Å². The topological polar surface area (TPSA) is 105 Å². The Morgan fingerprint density at radius 1 is 1.04 bits per heavy atom. The van der Waals surface area contributed by atoms with Crippen molar-refractivity contribution in [2.45, 2.75) is 47.6 Å². The fourth-order valence-corrected chi connectivity index (χ4v) is 3.62. The Kier molecular flexibility index (Phi) is 3.77. The van der Waals surface area contributed by atoms with E-state index in [1.165, 1.54) is 30.3 Å². The molecular weight excluding hydrogens is 346 g/mol. The zero-order valence-corrected chi connectivity index (χ0v) is 15.0. The molecule has 0 spiro atoms. The van der Waals surface area contributed by atoms with Gasteiger partial charge in [-0.25, -0.2) is 4.98 Å². The van der Waals surface area contributed by atoms with E-state index in [0.29, 0.717) is 22.9 Å². The second-order valence-corrected chi connectivity index (χ2v) is 7.90. The SMILES string of the molecule is Nc1cccc(Sc2nc(Nc3cc(C4CC4)[nH]n3)nc(C3CC3)n2)c1. The third-order valence-corrected chi connectivity index (χ3v) is 5.35. The van der Waals surface area contributed by atoms with Crippen LogP contribution in [0.4, 0.5) is 17.5 Å². The molecule has 1 aromatic carbocycles. The van der Waals surface area contributed by atoms with Crippen molar-refractivity contribution in [3.8, 4) is 0 Å². The summed E-state index contributed by atoms with van der Waals surface area (Å²) in [6.45, 7) is 0. The van der Waals surface area contributed by atoms with Gasteiger partial charge in [0, 0.05) is 34.2 Å². The first-order valence-electron chi connectivity index (χ1n) is 8.84. The van der Waals surface area contributed by atoms with Crippen LogP contribution in [-0.4, -0.2) is 25.1 Å². The van der Waals surface area contributed by atoms with E-state index in [-0.39, 0.29) is 0 Å². The summed E-state index contributed by atoms with van der Waals surface area (Å²) in [4.78, 5) is 14.8. The Morgan fingerprint density at radius 3 is 2.65 bits per heavy atom. The molecule has 0 unspecified atom stereocenters. The number of hydrogen-bond donors (Lipinski definition) is 3. The van der Waals surface area contributed by atoms with Crippen LogP contribution in [0.2, 0.25) is 0 Å². The molecule has 0 saturated heterocycles. The fourth-order valence-electron chi connectivity index (χ4n) is 2.80. The van der Waals surface area contributed by atoms with Crippen LogP contribution in [0.1, 0.15) is 49.0 Å². The van der Waals surface area contributed by atoms with Gasteiger partial charge in [0.25, 0.3) is 0 Å². The normalized spacial score (nSPS) is 16.6. The molecule has 0 aliphatic heterocycles. The second kappa shape index (κ2) is 6.28. The highest BCUT2D eigenvalue weighted by atomic mass is 32.2. The second-order valence-electron chi connectivity index (χ2n) is 6.86. The summed E-state index contributed by atoms with van der Waals surface area (Å²) in [5.74, 6) is 3.22. The van der Waals surface area contributed by atoms with Gasteiger partial charge in [0.05, 0.1) is 0 Å². The van der Waals surface area contributed by atoms with E-state index in [2.05, 4.69) is 30.5 Å². The Labute approximate surface area is 155 Å². The number of nitrogens with zero attached hydrogens (tertiary/aromatic N) is 4. The molecule has 132 valence electrons. The summed E-state index contributed by atoms with van der Waals surface area (Å²) in [6.07, 6.45) is 4.75. The maximum absolute atomic E-state index is 5.87. The largest absolute Gasteiger partial charge is 0.399 e. The van der Waals surface area contributed by atoms with Gasteiger partial charge in [0.15, 0.2) is 11.0 Å². The summed E-state index contributed by atoms with van der Waals surface area (Å²) in [6, 6.07) is 9.78. The highest BCUT2D eigenvalue weighted by Gasteiger charge is 2.28. The lowest BCUT2D eigenvalue weighted by molar-refractivity contribution is 0.814. The molecule has 2 aromatic heterocycles. The minimum absolute atomic E-state index is 0.444. The smallest absolute Gasteiger partial charge is 0.232 e. The van der Waals surface area contributed by atoms with Gasteiger partial charge in [-0.3, -0.25) is 5.10 Å². The summed E-state index contributed by atoms with van der Waals surface area (Å²) in [7, 11) is 0. The van der Waals surface area contributed by atoms with Crippen molar-refractivity contribution in [1.29, 1.82) is 0 Å². The summed E-state index contributed by atoms with van der Waals surface area (Å²) in [5, 5.41) is 11.3. The highest BCUT2D eigenvalue weighted by molar-refractivity contribution is 7.99. The molecule has 2 heterocycles. The molecule has 0 bridgehead atoms. The Hall–Kier alpha value is -2.61. The number of nitrogens with one attached hydrogen (secondary N) is 2. The van der Waals surface area contributed by atoms with Crippen LogP contribution in [0.15, 0.2) is 40.4 Å². The zero-order valence-electron chi connectivity index (χ0n) is 14.1. The van der Waals surface area contributed by atoms with Crippen LogP contribution in [0.3, 0.4) is 0 Å². The summed E-state index contributed by atoms with van der Waals surface area (Å²) in [5.41, 5.74) is 7.78. The number of nitrogens with two attached hydrogens (primary N) is 1. The van der Waals surface area contributed by atoms with Gasteiger partial charge < -0.3 is 11.1 Å². The predicted octanol–water partition coefficient (Wildman–Crippen LogP) is 3.83. The molecule has 5 rings (SSSR count). The van der Waals surface area contributed by atoms with Gasteiger partial charge >= 0.3 is 0 Å². The average molecular weight is 365 g/mol. The van der Waals surface area contributed by atoms with Crippen LogP contribution < -0.4 is 11.1 Å². The third-order valence-electron chi connectivity index (χ3n) is 4.50. The molecule has 8 heteroatoms. The Bertz CT molecular complexity index is 946. The van der Waals surface area contributed by atoms with Gasteiger partial charge in [-0.2, -0.15) is 15.1 Å². The number of aromatic nitrogens is 5. The first-order chi connectivity index (χ1) is 12.7. The highest BCUT2D eigenvalue weighted by Crippen LogP contribution is 2.40. The van der Waals surface area contributed by atoms with Gasteiger partial charge in [-0.1, -0.05) is 6.07 Å². The quantitative estimate of drug-likeness (QED) is 0.570. The zero-order chi connectivity index (χ0) is 17.5. The average Bonchev–Trinajstić information content (AvgIpc) is 3.53. The van der Waals surface area contributed by atoms with Gasteiger partial charge in [-0.05, 0) is 55.6 Å². The molecule has 2 aliphatic carbocycles. The van der Waals surface area contributed by atoms with Gasteiger partial charge in [-0.15, -0.1) is 0 Å². The van der Waals surface area contributed by atoms with Crippen molar-refractivity contribution >= 4 is 29.2 Å². The molecule has 0 atom stereocenters. The van der Waals surface area contributed by atoms with E-state index in [1.807, 2.05) is 30.3 Å². The van der Waals surface area contributed by atoms with Crippen LogP contribution in [0.25, 0.3) is 0 Å². The van der Waals surface area contributed by atoms with Gasteiger partial charge in [0.1, 0.15) is 5.82 Å². The van der Waals surface area contributed by atoms with E-state index in [4.69, 9.17) is 5.73 Å². The molecule has 2 fully saturated rings. The maximum atomic E-state index is 5.87. The van der Waals surface area contributed by atoms with Crippen LogP contribution in [0, 0.1) is 0 Å². The van der Waals surface area contributed by atoms with E-state index in [1.54, 1.807) is 0 Å². The molecule has 0 amide bonds. The Balaban J connectivity index is 1.41. The number of rotatable bonds is 6. The molecule has 3 aromatic rings. The van der Waals surface area contributed by atoms with E-state index < -0.39 is 0 Å². The van der Waals surface area contributed by atoms with Crippen molar-refractivity contribution < 1.29 is 0 Å². The molecule has 2 saturated carbocycles. The molecule has 0 radical (unpaired) electrons. The summed E-state index contributed by atoms with van der Waals surface area (Å²) < 4.78 is 0. The van der Waals surface area contributed by atoms with Crippen LogP contribution >= 0.6 is 11.8 Å². The van der Waals surface area contributed by atoms with Crippen LogP contribution in [0.5, 0.6) is 0 Å². The maximum Gasteiger partial charge on any atom is 0.232 e. The molecular formula is C18H19N7S. The molecule has 2 aliphatic rings. The van der Waals surface area contributed by atoms with Crippen LogP contribution in [-0.2, 0) is 0 Å². The lowest BCUT2D eigenvalue weighted by Gasteiger charge is -2.07. The molecule has 7 nitrogen and oxygen atoms in total. The standard InChI is InChI=1S/C18H19N7S/c19-12-2-1-3-13(8-12)26-18-22-16(11-6-7-11)21-17(23-18)20-15-9-14(24-25-15)10-4-5-10/h1-3,8-11H,4-7,19H2,(H2,20,21,22,23,24,25). The molecule has 26 heavy (non-hydrogen) atoms. The lowest BCUT2D eigenvalue weighted by Crippen LogP contribution is -2.04. The number of nitrogen functional groups attached to an aromatic ring is 1. The number of anilines is 3. The molecule has 4 N–H and O–H groups in total. The lowest BCUT2D eigenvalue weighted by atomic mass is 10.3. The monoisotopic (exact) mass is 365 g/mol. The number of benzene rings is 1. The van der Waals surface area contributed by atoms with Gasteiger partial charge in [0.2, 0.25) is 5.95 Å². The fraction of sp³-hybridized carbons (Fsp3) is 0.333. The van der Waals surface area contributed by atoms with E-state index in [0.717, 1.165) is 35.1 Å². The summed E-state index contributed by atoms with van der Waals surface area (Å²) >= 11 is 1.50. The van der Waals surface area contributed by atoms with Crippen molar-refractivity contribution in [2.24, 2.45) is 0 Å². The third kappa shape index (κ3) is 3.50. The van der Waals surface area contributed by atoms with E-state index >= 15 is 0 Å². The van der Waals surface area contributed by atoms with Crippen molar-refractivity contribution in [2.75, 3.05) is 11.1 Å². The number of aromatic amines is 1. The minimum Gasteiger partial charge on any atom is -0.399 e. The van der Waals surface area contributed by atoms with Crippen molar-refractivity contribution in [3.05, 3.63) is 41.9 Å². The van der Waals surface area contributed by atoms with E-state index in [9.17, 15) is 0 Å². The number of hydrogen-bond acceptors (Lipinski definition) is 7.